The summed E-state index contributed by atoms with van der Waals surface area (Å²) >= 11 is 0. The monoisotopic (exact) mass is 304 g/mol. The van der Waals surface area contributed by atoms with Crippen molar-refractivity contribution in [2.75, 3.05) is 25.5 Å². The Balaban J connectivity index is 1.94. The fraction of sp³-hybridized carbons (Fsp3) is 0.611. The van der Waals surface area contributed by atoms with Crippen molar-refractivity contribution < 1.29 is 9.90 Å². The number of rotatable bonds is 5. The van der Waals surface area contributed by atoms with E-state index in [2.05, 4.69) is 4.90 Å². The van der Waals surface area contributed by atoms with Gasteiger partial charge in [0.05, 0.1) is 12.1 Å². The summed E-state index contributed by atoms with van der Waals surface area (Å²) in [7, 11) is 3.79. The molecule has 0 radical (unpaired) electrons. The molecule has 4 heteroatoms. The molecule has 0 saturated heterocycles. The standard InChI is InChI=1S/C18H28N2O2/c1-14(18(22)20(3)16-10-5-4-6-11-16)19(2)13-15-9-7-8-12-17(15)21/h4-6,10-11,14-15,17,21H,7-9,12-13H2,1-3H3. The fourth-order valence-corrected chi connectivity index (χ4v) is 3.18. The normalized spacial score (nSPS) is 23.3. The summed E-state index contributed by atoms with van der Waals surface area (Å²) in [6, 6.07) is 9.50. The Kier molecular flexibility index (Phi) is 5.98. The third-order valence-electron chi connectivity index (χ3n) is 4.88. The average Bonchev–Trinajstić information content (AvgIpc) is 2.55. The maximum absolute atomic E-state index is 12.6. The molecule has 2 rings (SSSR count). The second kappa shape index (κ2) is 7.75. The van der Waals surface area contributed by atoms with Gasteiger partial charge in [0.1, 0.15) is 0 Å². The maximum Gasteiger partial charge on any atom is 0.243 e. The second-order valence-corrected chi connectivity index (χ2v) is 6.46. The van der Waals surface area contributed by atoms with Crippen LogP contribution in [0, 0.1) is 5.92 Å². The summed E-state index contributed by atoms with van der Waals surface area (Å²) in [5.41, 5.74) is 0.908. The zero-order valence-corrected chi connectivity index (χ0v) is 13.9. The molecule has 1 aromatic rings. The third-order valence-corrected chi connectivity index (χ3v) is 4.88. The zero-order chi connectivity index (χ0) is 16.1. The van der Waals surface area contributed by atoms with Crippen molar-refractivity contribution in [2.24, 2.45) is 5.92 Å². The van der Waals surface area contributed by atoms with Crippen LogP contribution in [0.5, 0.6) is 0 Å². The van der Waals surface area contributed by atoms with Gasteiger partial charge in [0, 0.05) is 19.3 Å². The molecule has 122 valence electrons. The van der Waals surface area contributed by atoms with Crippen LogP contribution >= 0.6 is 0 Å². The number of likely N-dealkylation sites (N-methyl/N-ethyl adjacent to an activating group) is 2. The van der Waals surface area contributed by atoms with Crippen LogP contribution in [-0.4, -0.2) is 48.7 Å². The molecule has 0 aromatic heterocycles. The van der Waals surface area contributed by atoms with Crippen LogP contribution in [0.25, 0.3) is 0 Å². The number of aliphatic hydroxyl groups excluding tert-OH is 1. The number of carbonyl (C=O) groups excluding carboxylic acids is 1. The van der Waals surface area contributed by atoms with Gasteiger partial charge in [-0.25, -0.2) is 0 Å². The topological polar surface area (TPSA) is 43.8 Å². The van der Waals surface area contributed by atoms with Gasteiger partial charge >= 0.3 is 0 Å². The highest BCUT2D eigenvalue weighted by Crippen LogP contribution is 2.25. The number of hydrogen-bond acceptors (Lipinski definition) is 3. The molecule has 1 aliphatic carbocycles. The molecular weight excluding hydrogens is 276 g/mol. The van der Waals surface area contributed by atoms with E-state index in [0.29, 0.717) is 0 Å². The smallest absolute Gasteiger partial charge is 0.243 e. The molecule has 1 aromatic carbocycles. The van der Waals surface area contributed by atoms with Crippen LogP contribution in [-0.2, 0) is 4.79 Å². The summed E-state index contributed by atoms with van der Waals surface area (Å²) in [6.45, 7) is 2.72. The Morgan fingerprint density at radius 2 is 1.86 bits per heavy atom. The predicted molar refractivity (Wildman–Crippen MR) is 89.9 cm³/mol. The van der Waals surface area contributed by atoms with Crippen LogP contribution in [0.15, 0.2) is 30.3 Å². The van der Waals surface area contributed by atoms with Crippen molar-refractivity contribution in [3.05, 3.63) is 30.3 Å². The van der Waals surface area contributed by atoms with Gasteiger partial charge in [-0.05, 0) is 44.9 Å². The van der Waals surface area contributed by atoms with E-state index in [0.717, 1.165) is 31.5 Å². The van der Waals surface area contributed by atoms with E-state index in [1.54, 1.807) is 4.90 Å². The highest BCUT2D eigenvalue weighted by molar-refractivity contribution is 5.96. The summed E-state index contributed by atoms with van der Waals surface area (Å²) in [5.74, 6) is 0.370. The van der Waals surface area contributed by atoms with Crippen molar-refractivity contribution in [2.45, 2.75) is 44.8 Å². The van der Waals surface area contributed by atoms with Crippen LogP contribution in [0.1, 0.15) is 32.6 Å². The van der Waals surface area contributed by atoms with E-state index in [1.807, 2.05) is 51.4 Å². The molecule has 0 bridgehead atoms. The van der Waals surface area contributed by atoms with E-state index < -0.39 is 0 Å². The third kappa shape index (κ3) is 4.08. The van der Waals surface area contributed by atoms with Gasteiger partial charge in [-0.2, -0.15) is 0 Å². The maximum atomic E-state index is 12.6. The lowest BCUT2D eigenvalue weighted by molar-refractivity contribution is -0.123. The Labute approximate surface area is 133 Å². The van der Waals surface area contributed by atoms with Crippen LogP contribution in [0.4, 0.5) is 5.69 Å². The summed E-state index contributed by atoms with van der Waals surface area (Å²) < 4.78 is 0. The highest BCUT2D eigenvalue weighted by Gasteiger charge is 2.28. The van der Waals surface area contributed by atoms with Gasteiger partial charge in [-0.15, -0.1) is 0 Å². The van der Waals surface area contributed by atoms with Crippen molar-refractivity contribution in [3.8, 4) is 0 Å². The van der Waals surface area contributed by atoms with E-state index in [4.69, 9.17) is 0 Å². The van der Waals surface area contributed by atoms with Gasteiger partial charge in [0.15, 0.2) is 0 Å². The average molecular weight is 304 g/mol. The number of hydrogen-bond donors (Lipinski definition) is 1. The molecule has 3 unspecified atom stereocenters. The molecule has 3 atom stereocenters. The molecular formula is C18H28N2O2. The quantitative estimate of drug-likeness (QED) is 0.909. The van der Waals surface area contributed by atoms with E-state index in [-0.39, 0.29) is 24.0 Å². The number of amides is 1. The van der Waals surface area contributed by atoms with Gasteiger partial charge < -0.3 is 10.0 Å². The number of aliphatic hydroxyl groups is 1. The molecule has 1 amide bonds. The van der Waals surface area contributed by atoms with Gasteiger partial charge in [-0.3, -0.25) is 9.69 Å². The Bertz CT molecular complexity index is 477. The van der Waals surface area contributed by atoms with Crippen LogP contribution in [0.2, 0.25) is 0 Å². The van der Waals surface area contributed by atoms with Gasteiger partial charge in [-0.1, -0.05) is 31.0 Å². The van der Waals surface area contributed by atoms with E-state index in [1.165, 1.54) is 6.42 Å². The van der Waals surface area contributed by atoms with Crippen molar-refractivity contribution >= 4 is 11.6 Å². The lowest BCUT2D eigenvalue weighted by Crippen LogP contribution is -2.47. The largest absolute Gasteiger partial charge is 0.393 e. The lowest BCUT2D eigenvalue weighted by Gasteiger charge is -2.34. The Morgan fingerprint density at radius 1 is 1.23 bits per heavy atom. The zero-order valence-electron chi connectivity index (χ0n) is 13.9. The minimum atomic E-state index is -0.217. The molecule has 1 fully saturated rings. The summed E-state index contributed by atoms with van der Waals surface area (Å²) in [6.07, 6.45) is 4.03. The SMILES string of the molecule is CC(C(=O)N(C)c1ccccc1)N(C)CC1CCCCC1O. The van der Waals surface area contributed by atoms with Gasteiger partial charge in [0.2, 0.25) is 5.91 Å². The number of carbonyl (C=O) groups is 1. The minimum absolute atomic E-state index is 0.0824. The first kappa shape index (κ1) is 17.0. The van der Waals surface area contributed by atoms with E-state index >= 15 is 0 Å². The molecule has 1 saturated carbocycles. The number of nitrogens with zero attached hydrogens (tertiary/aromatic N) is 2. The molecule has 4 nitrogen and oxygen atoms in total. The first-order valence-electron chi connectivity index (χ1n) is 8.21. The fourth-order valence-electron chi connectivity index (χ4n) is 3.18. The highest BCUT2D eigenvalue weighted by atomic mass is 16.3. The van der Waals surface area contributed by atoms with E-state index in [9.17, 15) is 9.90 Å². The Morgan fingerprint density at radius 3 is 2.50 bits per heavy atom. The lowest BCUT2D eigenvalue weighted by atomic mass is 9.86. The van der Waals surface area contributed by atoms with Crippen molar-refractivity contribution in [1.29, 1.82) is 0 Å². The predicted octanol–water partition coefficient (Wildman–Crippen LogP) is 2.52. The number of anilines is 1. The van der Waals surface area contributed by atoms with Gasteiger partial charge in [0.25, 0.3) is 0 Å². The molecule has 0 aliphatic heterocycles. The van der Waals surface area contributed by atoms with Crippen LogP contribution < -0.4 is 4.90 Å². The van der Waals surface area contributed by atoms with Crippen molar-refractivity contribution in [1.82, 2.24) is 4.90 Å². The molecule has 22 heavy (non-hydrogen) atoms. The van der Waals surface area contributed by atoms with Crippen molar-refractivity contribution in [3.63, 3.8) is 0 Å². The summed E-state index contributed by atoms with van der Waals surface area (Å²) in [4.78, 5) is 16.4. The Hall–Kier alpha value is -1.39. The number of benzene rings is 1. The first-order chi connectivity index (χ1) is 10.5. The first-order valence-corrected chi connectivity index (χ1v) is 8.21. The molecule has 1 N–H and O–H groups in total. The van der Waals surface area contributed by atoms with Crippen LogP contribution in [0.3, 0.4) is 0 Å². The number of para-hydroxylation sites is 1. The molecule has 1 aliphatic rings. The summed E-state index contributed by atoms with van der Waals surface area (Å²) in [5, 5.41) is 10.1. The minimum Gasteiger partial charge on any atom is -0.393 e. The molecule has 0 heterocycles. The second-order valence-electron chi connectivity index (χ2n) is 6.46. The molecule has 0 spiro atoms.